The van der Waals surface area contributed by atoms with Gasteiger partial charge in [-0.15, -0.1) is 0 Å². The fraction of sp³-hybridized carbons (Fsp3) is 0.562. The molecule has 0 aromatic heterocycles. The van der Waals surface area contributed by atoms with Crippen molar-refractivity contribution < 1.29 is 4.79 Å². The second-order valence-electron chi connectivity index (χ2n) is 6.16. The first-order valence-electron chi connectivity index (χ1n) is 7.45. The molecule has 19 heavy (non-hydrogen) atoms. The molecule has 1 aliphatic carbocycles. The zero-order valence-corrected chi connectivity index (χ0v) is 11.2. The summed E-state index contributed by atoms with van der Waals surface area (Å²) in [4.78, 5) is 15.0. The Balaban J connectivity index is 1.67. The molecule has 2 atom stereocenters. The van der Waals surface area contributed by atoms with E-state index in [1.165, 1.54) is 30.4 Å². The van der Waals surface area contributed by atoms with Crippen molar-refractivity contribution in [3.8, 4) is 0 Å². The van der Waals surface area contributed by atoms with Crippen molar-refractivity contribution in [1.82, 2.24) is 10.2 Å². The van der Waals surface area contributed by atoms with E-state index in [-0.39, 0.29) is 5.91 Å². The van der Waals surface area contributed by atoms with E-state index < -0.39 is 0 Å². The number of hydrogen-bond donors (Lipinski definition) is 1. The molecule has 0 radical (unpaired) electrons. The molecule has 3 heteroatoms. The SMILES string of the molecule is O=C(c1cccc2c1CCNC2)N1CC2CCC1C2. The molecule has 4 rings (SSSR count). The summed E-state index contributed by atoms with van der Waals surface area (Å²) in [5.41, 5.74) is 3.56. The summed E-state index contributed by atoms with van der Waals surface area (Å²) in [6.07, 6.45) is 4.76. The first-order chi connectivity index (χ1) is 9.33. The summed E-state index contributed by atoms with van der Waals surface area (Å²) < 4.78 is 0. The van der Waals surface area contributed by atoms with E-state index in [0.29, 0.717) is 6.04 Å². The molecule has 0 spiro atoms. The molecular formula is C16H20N2O. The lowest BCUT2D eigenvalue weighted by molar-refractivity contribution is 0.0702. The van der Waals surface area contributed by atoms with Crippen LogP contribution in [-0.2, 0) is 13.0 Å². The zero-order chi connectivity index (χ0) is 12.8. The van der Waals surface area contributed by atoms with Gasteiger partial charge in [0.05, 0.1) is 0 Å². The molecule has 3 nitrogen and oxygen atoms in total. The Hall–Kier alpha value is -1.35. The number of benzene rings is 1. The molecule has 1 aromatic rings. The largest absolute Gasteiger partial charge is 0.335 e. The van der Waals surface area contributed by atoms with Crippen molar-refractivity contribution in [2.75, 3.05) is 13.1 Å². The van der Waals surface area contributed by atoms with Crippen molar-refractivity contribution in [2.45, 2.75) is 38.3 Å². The van der Waals surface area contributed by atoms with Crippen LogP contribution in [0.4, 0.5) is 0 Å². The molecule has 1 saturated carbocycles. The average Bonchev–Trinajstić information content (AvgIpc) is 3.08. The lowest BCUT2D eigenvalue weighted by atomic mass is 9.94. The van der Waals surface area contributed by atoms with Crippen LogP contribution >= 0.6 is 0 Å². The number of hydrogen-bond acceptors (Lipinski definition) is 2. The lowest BCUT2D eigenvalue weighted by Gasteiger charge is -2.29. The normalized spacial score (nSPS) is 28.5. The monoisotopic (exact) mass is 256 g/mol. The summed E-state index contributed by atoms with van der Waals surface area (Å²) >= 11 is 0. The van der Waals surface area contributed by atoms with E-state index in [1.54, 1.807) is 0 Å². The first kappa shape index (κ1) is 11.5. The van der Waals surface area contributed by atoms with Crippen molar-refractivity contribution in [2.24, 2.45) is 5.92 Å². The molecule has 1 amide bonds. The fourth-order valence-electron chi connectivity index (χ4n) is 4.06. The smallest absolute Gasteiger partial charge is 0.254 e. The van der Waals surface area contributed by atoms with E-state index in [1.807, 2.05) is 12.1 Å². The third kappa shape index (κ3) is 1.79. The minimum absolute atomic E-state index is 0.283. The number of rotatable bonds is 1. The number of carbonyl (C=O) groups is 1. The first-order valence-corrected chi connectivity index (χ1v) is 7.45. The third-order valence-electron chi connectivity index (χ3n) is 5.04. The van der Waals surface area contributed by atoms with Crippen LogP contribution in [0.15, 0.2) is 18.2 Å². The highest BCUT2D eigenvalue weighted by atomic mass is 16.2. The Morgan fingerprint density at radius 3 is 3.05 bits per heavy atom. The van der Waals surface area contributed by atoms with Gasteiger partial charge in [0.15, 0.2) is 0 Å². The second-order valence-corrected chi connectivity index (χ2v) is 6.16. The van der Waals surface area contributed by atoms with Gasteiger partial charge in [-0.2, -0.15) is 0 Å². The topological polar surface area (TPSA) is 32.3 Å². The minimum Gasteiger partial charge on any atom is -0.335 e. The Morgan fingerprint density at radius 2 is 2.26 bits per heavy atom. The molecular weight excluding hydrogens is 236 g/mol. The molecule has 2 heterocycles. The second kappa shape index (κ2) is 4.34. The number of fused-ring (bicyclic) bond motifs is 3. The number of carbonyl (C=O) groups excluding carboxylic acids is 1. The Bertz CT molecular complexity index is 525. The Labute approximate surface area is 114 Å². The highest BCUT2D eigenvalue weighted by Crippen LogP contribution is 2.38. The van der Waals surface area contributed by atoms with Crippen LogP contribution in [0.2, 0.25) is 0 Å². The molecule has 2 aliphatic heterocycles. The Kier molecular flexibility index (Phi) is 2.62. The van der Waals surface area contributed by atoms with Crippen molar-refractivity contribution >= 4 is 5.91 Å². The summed E-state index contributed by atoms with van der Waals surface area (Å²) in [6, 6.07) is 6.73. The number of likely N-dealkylation sites (tertiary alicyclic amines) is 1. The predicted octanol–water partition coefficient (Wildman–Crippen LogP) is 1.96. The predicted molar refractivity (Wildman–Crippen MR) is 74.0 cm³/mol. The van der Waals surface area contributed by atoms with Gasteiger partial charge in [0, 0.05) is 24.7 Å². The molecule has 2 fully saturated rings. The van der Waals surface area contributed by atoms with Gasteiger partial charge >= 0.3 is 0 Å². The third-order valence-corrected chi connectivity index (χ3v) is 5.04. The molecule has 2 unspecified atom stereocenters. The van der Waals surface area contributed by atoms with Crippen LogP contribution in [-0.4, -0.2) is 29.9 Å². The fourth-order valence-corrected chi connectivity index (χ4v) is 4.06. The van der Waals surface area contributed by atoms with E-state index in [0.717, 1.165) is 37.5 Å². The van der Waals surface area contributed by atoms with Gasteiger partial charge in [0.2, 0.25) is 0 Å². The maximum absolute atomic E-state index is 12.8. The summed E-state index contributed by atoms with van der Waals surface area (Å²) in [6.45, 7) is 2.89. The van der Waals surface area contributed by atoms with Crippen LogP contribution in [0.5, 0.6) is 0 Å². The highest BCUT2D eigenvalue weighted by Gasteiger charge is 2.40. The van der Waals surface area contributed by atoms with Gasteiger partial charge < -0.3 is 10.2 Å². The van der Waals surface area contributed by atoms with Gasteiger partial charge in [-0.3, -0.25) is 4.79 Å². The van der Waals surface area contributed by atoms with Crippen molar-refractivity contribution in [1.29, 1.82) is 0 Å². The van der Waals surface area contributed by atoms with E-state index in [9.17, 15) is 4.79 Å². The zero-order valence-electron chi connectivity index (χ0n) is 11.2. The van der Waals surface area contributed by atoms with Crippen LogP contribution in [0.25, 0.3) is 0 Å². The van der Waals surface area contributed by atoms with Crippen molar-refractivity contribution in [3.63, 3.8) is 0 Å². The number of nitrogens with zero attached hydrogens (tertiary/aromatic N) is 1. The van der Waals surface area contributed by atoms with Gasteiger partial charge in [-0.1, -0.05) is 12.1 Å². The minimum atomic E-state index is 0.283. The van der Waals surface area contributed by atoms with E-state index >= 15 is 0 Å². The Morgan fingerprint density at radius 1 is 1.32 bits per heavy atom. The molecule has 1 aromatic carbocycles. The highest BCUT2D eigenvalue weighted by molar-refractivity contribution is 5.96. The lowest BCUT2D eigenvalue weighted by Crippen LogP contribution is -2.38. The standard InChI is InChI=1S/C16H20N2O/c19-16(18-10-11-4-5-13(18)8-11)15-3-1-2-12-9-17-7-6-14(12)15/h1-3,11,13,17H,4-10H2. The van der Waals surface area contributed by atoms with Crippen LogP contribution in [0.3, 0.4) is 0 Å². The maximum atomic E-state index is 12.8. The van der Waals surface area contributed by atoms with Crippen LogP contribution < -0.4 is 5.32 Å². The molecule has 2 bridgehead atoms. The van der Waals surface area contributed by atoms with E-state index in [4.69, 9.17) is 0 Å². The van der Waals surface area contributed by atoms with Crippen LogP contribution in [0, 0.1) is 5.92 Å². The van der Waals surface area contributed by atoms with Gasteiger partial charge in [-0.05, 0) is 55.3 Å². The van der Waals surface area contributed by atoms with Gasteiger partial charge in [-0.25, -0.2) is 0 Å². The molecule has 3 aliphatic rings. The summed E-state index contributed by atoms with van der Waals surface area (Å²) in [5, 5.41) is 3.38. The molecule has 1 saturated heterocycles. The van der Waals surface area contributed by atoms with Gasteiger partial charge in [0.1, 0.15) is 0 Å². The summed E-state index contributed by atoms with van der Waals surface area (Å²) in [7, 11) is 0. The van der Waals surface area contributed by atoms with Crippen molar-refractivity contribution in [3.05, 3.63) is 34.9 Å². The maximum Gasteiger partial charge on any atom is 0.254 e. The van der Waals surface area contributed by atoms with Gasteiger partial charge in [0.25, 0.3) is 5.91 Å². The number of amides is 1. The summed E-state index contributed by atoms with van der Waals surface area (Å²) in [5.74, 6) is 1.06. The van der Waals surface area contributed by atoms with E-state index in [2.05, 4.69) is 16.3 Å². The number of piperidine rings is 1. The molecule has 1 N–H and O–H groups in total. The molecule has 100 valence electrons. The van der Waals surface area contributed by atoms with Crippen LogP contribution in [0.1, 0.15) is 40.7 Å². The number of nitrogens with one attached hydrogen (secondary N) is 1. The quantitative estimate of drug-likeness (QED) is 0.833. The average molecular weight is 256 g/mol.